The molecular weight excluding hydrogens is 413 g/mol. The molecule has 0 aliphatic rings. The third kappa shape index (κ3) is 7.61. The van der Waals surface area contributed by atoms with Crippen LogP contribution in [0.1, 0.15) is 33.3 Å². The monoisotopic (exact) mass is 443 g/mol. The number of allylic oxidation sites excluding steroid dienone is 1. The van der Waals surface area contributed by atoms with Crippen LogP contribution in [-0.4, -0.2) is 31.9 Å². The number of ether oxygens (including phenoxy) is 2. The van der Waals surface area contributed by atoms with Crippen LogP contribution in [0.15, 0.2) is 54.1 Å². The second-order valence-corrected chi connectivity index (χ2v) is 7.04. The highest BCUT2D eigenvalue weighted by molar-refractivity contribution is 5.96. The van der Waals surface area contributed by atoms with E-state index in [-0.39, 0.29) is 19.0 Å². The van der Waals surface area contributed by atoms with Gasteiger partial charge in [-0.3, -0.25) is 10.6 Å². The topological polar surface area (TPSA) is 79.9 Å². The van der Waals surface area contributed by atoms with Crippen LogP contribution in [0.3, 0.4) is 0 Å². The summed E-state index contributed by atoms with van der Waals surface area (Å²) in [6.45, 7) is 8.97. The first-order chi connectivity index (χ1) is 15.4. The van der Waals surface area contributed by atoms with Gasteiger partial charge in [0.1, 0.15) is 5.82 Å². The summed E-state index contributed by atoms with van der Waals surface area (Å²) in [7, 11) is 0. The Hall–Kier alpha value is -3.55. The van der Waals surface area contributed by atoms with E-state index >= 15 is 0 Å². The van der Waals surface area contributed by atoms with E-state index < -0.39 is 12.2 Å². The Bertz CT molecular complexity index is 945. The average Bonchev–Trinajstić information content (AvgIpc) is 2.76. The fraction of sp³-hybridized carbons (Fsp3) is 0.333. The summed E-state index contributed by atoms with van der Waals surface area (Å²) in [6, 6.07) is 11.6. The maximum atomic E-state index is 13.3. The van der Waals surface area contributed by atoms with Crippen molar-refractivity contribution < 1.29 is 23.5 Å². The van der Waals surface area contributed by atoms with Crippen molar-refractivity contribution in [1.29, 1.82) is 0 Å². The first kappa shape index (κ1) is 24.7. The summed E-state index contributed by atoms with van der Waals surface area (Å²) in [5.74, 6) is -0.291. The van der Waals surface area contributed by atoms with Gasteiger partial charge in [0.2, 0.25) is 0 Å². The molecule has 0 saturated carbocycles. The minimum absolute atomic E-state index is 0.212. The number of nitrogens with zero attached hydrogens (tertiary/aromatic N) is 1. The van der Waals surface area contributed by atoms with Crippen molar-refractivity contribution in [3.05, 3.63) is 65.5 Å². The Morgan fingerprint density at radius 2 is 1.56 bits per heavy atom. The molecule has 0 aromatic heterocycles. The SMILES string of the molecule is C/C=C(\C)CN(Cc1ccc(F)cc1)c1ccc(NC(=O)OCC)c(NC(=O)OCC)c1. The van der Waals surface area contributed by atoms with Crippen LogP contribution in [0.25, 0.3) is 0 Å². The lowest BCUT2D eigenvalue weighted by Gasteiger charge is -2.27. The van der Waals surface area contributed by atoms with Gasteiger partial charge >= 0.3 is 12.2 Å². The fourth-order valence-electron chi connectivity index (χ4n) is 2.94. The number of rotatable bonds is 9. The number of anilines is 3. The number of halogens is 1. The minimum atomic E-state index is -0.633. The summed E-state index contributed by atoms with van der Waals surface area (Å²) < 4.78 is 23.3. The predicted octanol–water partition coefficient (Wildman–Crippen LogP) is 5.94. The molecule has 8 heteroatoms. The van der Waals surface area contributed by atoms with Crippen molar-refractivity contribution in [2.45, 2.75) is 34.2 Å². The average molecular weight is 444 g/mol. The van der Waals surface area contributed by atoms with Gasteiger partial charge in [-0.1, -0.05) is 23.8 Å². The van der Waals surface area contributed by atoms with Crippen molar-refractivity contribution in [2.24, 2.45) is 0 Å². The molecule has 7 nitrogen and oxygen atoms in total. The van der Waals surface area contributed by atoms with Gasteiger partial charge in [-0.05, 0) is 63.6 Å². The van der Waals surface area contributed by atoms with Crippen LogP contribution in [0.5, 0.6) is 0 Å². The summed E-state index contributed by atoms with van der Waals surface area (Å²) >= 11 is 0. The van der Waals surface area contributed by atoms with E-state index in [1.54, 1.807) is 38.1 Å². The maximum Gasteiger partial charge on any atom is 0.411 e. The predicted molar refractivity (Wildman–Crippen MR) is 125 cm³/mol. The summed E-state index contributed by atoms with van der Waals surface area (Å²) in [5, 5.41) is 5.30. The van der Waals surface area contributed by atoms with Gasteiger partial charge in [0.25, 0.3) is 0 Å². The molecule has 0 aliphatic heterocycles. The van der Waals surface area contributed by atoms with Gasteiger partial charge in [0.05, 0.1) is 24.6 Å². The largest absolute Gasteiger partial charge is 0.450 e. The lowest BCUT2D eigenvalue weighted by atomic mass is 10.1. The second-order valence-electron chi connectivity index (χ2n) is 7.04. The molecule has 0 heterocycles. The highest BCUT2D eigenvalue weighted by Crippen LogP contribution is 2.30. The van der Waals surface area contributed by atoms with Gasteiger partial charge in [0, 0.05) is 18.8 Å². The molecule has 0 saturated heterocycles. The number of amides is 2. The molecule has 32 heavy (non-hydrogen) atoms. The van der Waals surface area contributed by atoms with E-state index in [9.17, 15) is 14.0 Å². The second kappa shape index (κ2) is 12.3. The Kier molecular flexibility index (Phi) is 9.53. The Morgan fingerprint density at radius 3 is 2.12 bits per heavy atom. The molecule has 172 valence electrons. The van der Waals surface area contributed by atoms with E-state index in [1.807, 2.05) is 26.0 Å². The van der Waals surface area contributed by atoms with Crippen LogP contribution in [0, 0.1) is 5.82 Å². The van der Waals surface area contributed by atoms with Crippen molar-refractivity contribution in [1.82, 2.24) is 0 Å². The zero-order valence-corrected chi connectivity index (χ0v) is 18.9. The van der Waals surface area contributed by atoms with Gasteiger partial charge in [-0.25, -0.2) is 14.0 Å². The zero-order chi connectivity index (χ0) is 23.5. The number of nitrogens with one attached hydrogen (secondary N) is 2. The van der Waals surface area contributed by atoms with Gasteiger partial charge in [0.15, 0.2) is 0 Å². The smallest absolute Gasteiger partial charge is 0.411 e. The Labute approximate surface area is 188 Å². The first-order valence-electron chi connectivity index (χ1n) is 10.5. The Morgan fingerprint density at radius 1 is 0.969 bits per heavy atom. The summed E-state index contributed by atoms with van der Waals surface area (Å²) in [4.78, 5) is 26.1. The third-order valence-electron chi connectivity index (χ3n) is 4.61. The van der Waals surface area contributed by atoms with Crippen LogP contribution in [0.4, 0.5) is 31.0 Å². The molecule has 2 rings (SSSR count). The maximum absolute atomic E-state index is 13.3. The number of hydrogen-bond acceptors (Lipinski definition) is 5. The molecular formula is C24H30FN3O4. The molecule has 2 N–H and O–H groups in total. The van der Waals surface area contributed by atoms with E-state index in [2.05, 4.69) is 15.5 Å². The van der Waals surface area contributed by atoms with Crippen LogP contribution in [0.2, 0.25) is 0 Å². The highest BCUT2D eigenvalue weighted by Gasteiger charge is 2.15. The zero-order valence-electron chi connectivity index (χ0n) is 18.9. The molecule has 0 radical (unpaired) electrons. The van der Waals surface area contributed by atoms with Gasteiger partial charge in [-0.2, -0.15) is 0 Å². The lowest BCUT2D eigenvalue weighted by molar-refractivity contribution is 0.166. The molecule has 0 bridgehead atoms. The summed E-state index contributed by atoms with van der Waals surface area (Å²) in [5.41, 5.74) is 3.63. The molecule has 0 atom stereocenters. The molecule has 2 amide bonds. The van der Waals surface area contributed by atoms with Gasteiger partial charge < -0.3 is 14.4 Å². The van der Waals surface area contributed by atoms with Crippen molar-refractivity contribution in [3.63, 3.8) is 0 Å². The van der Waals surface area contributed by atoms with Crippen LogP contribution >= 0.6 is 0 Å². The van der Waals surface area contributed by atoms with E-state index in [4.69, 9.17) is 9.47 Å². The van der Waals surface area contributed by atoms with Crippen molar-refractivity contribution in [2.75, 3.05) is 35.3 Å². The van der Waals surface area contributed by atoms with Crippen LogP contribution < -0.4 is 15.5 Å². The quantitative estimate of drug-likeness (QED) is 0.469. The molecule has 2 aromatic rings. The fourth-order valence-corrected chi connectivity index (χ4v) is 2.94. The summed E-state index contributed by atoms with van der Waals surface area (Å²) in [6.07, 6.45) is 0.762. The van der Waals surface area contributed by atoms with Gasteiger partial charge in [-0.15, -0.1) is 0 Å². The normalized spacial score (nSPS) is 11.0. The van der Waals surface area contributed by atoms with Crippen molar-refractivity contribution >= 4 is 29.2 Å². The molecule has 0 spiro atoms. The third-order valence-corrected chi connectivity index (χ3v) is 4.61. The highest BCUT2D eigenvalue weighted by atomic mass is 19.1. The number of benzene rings is 2. The number of hydrogen-bond donors (Lipinski definition) is 2. The Balaban J connectivity index is 2.40. The minimum Gasteiger partial charge on any atom is -0.450 e. The lowest BCUT2D eigenvalue weighted by Crippen LogP contribution is -2.25. The standard InChI is InChI=1S/C24H30FN3O4/c1-5-17(4)15-28(16-18-8-10-19(25)11-9-18)20-12-13-21(26-23(29)31-6-2)22(14-20)27-24(30)32-7-3/h5,8-14H,6-7,15-16H2,1-4H3,(H,26,29)(H,27,30)/b17-5+. The molecule has 0 aliphatic carbocycles. The molecule has 0 unspecified atom stereocenters. The van der Waals surface area contributed by atoms with Crippen molar-refractivity contribution in [3.8, 4) is 0 Å². The van der Waals surface area contributed by atoms with E-state index in [0.29, 0.717) is 24.5 Å². The van der Waals surface area contributed by atoms with Crippen LogP contribution in [-0.2, 0) is 16.0 Å². The van der Waals surface area contributed by atoms with E-state index in [1.165, 1.54) is 12.1 Å². The van der Waals surface area contributed by atoms with E-state index in [0.717, 1.165) is 16.8 Å². The first-order valence-corrected chi connectivity index (χ1v) is 10.5. The molecule has 0 fully saturated rings. The number of carbonyl (C=O) groups excluding carboxylic acids is 2. The molecule has 2 aromatic carbocycles. The number of carbonyl (C=O) groups is 2.